The molecular formula is C17H23NO2. The van der Waals surface area contributed by atoms with Crippen LogP contribution in [0.4, 0.5) is 0 Å². The molecule has 1 aliphatic carbocycles. The zero-order chi connectivity index (χ0) is 14.2. The SMILES string of the molecule is CC1CCCC12CN(Cc1ccccc1)CC2C(=O)O. The maximum Gasteiger partial charge on any atom is 0.308 e. The van der Waals surface area contributed by atoms with E-state index < -0.39 is 5.97 Å². The smallest absolute Gasteiger partial charge is 0.308 e. The molecular weight excluding hydrogens is 250 g/mol. The van der Waals surface area contributed by atoms with Gasteiger partial charge in [-0.3, -0.25) is 9.69 Å². The minimum absolute atomic E-state index is 0.0145. The Morgan fingerprint density at radius 1 is 1.40 bits per heavy atom. The maximum atomic E-state index is 11.7. The van der Waals surface area contributed by atoms with E-state index in [2.05, 4.69) is 24.0 Å². The van der Waals surface area contributed by atoms with Gasteiger partial charge in [-0.2, -0.15) is 0 Å². The fourth-order valence-electron chi connectivity index (χ4n) is 4.34. The van der Waals surface area contributed by atoms with Crippen molar-refractivity contribution in [1.82, 2.24) is 4.90 Å². The molecule has 1 spiro atoms. The summed E-state index contributed by atoms with van der Waals surface area (Å²) < 4.78 is 0. The number of carboxylic acid groups (broad SMARTS) is 1. The van der Waals surface area contributed by atoms with E-state index in [1.54, 1.807) is 0 Å². The largest absolute Gasteiger partial charge is 0.481 e. The molecule has 3 unspecified atom stereocenters. The second-order valence-corrected chi connectivity index (χ2v) is 6.57. The van der Waals surface area contributed by atoms with Gasteiger partial charge in [-0.1, -0.05) is 50.1 Å². The van der Waals surface area contributed by atoms with Gasteiger partial charge in [-0.15, -0.1) is 0 Å². The monoisotopic (exact) mass is 273 g/mol. The fraction of sp³-hybridized carbons (Fsp3) is 0.588. The molecule has 1 aromatic carbocycles. The fourth-order valence-corrected chi connectivity index (χ4v) is 4.34. The Labute approximate surface area is 120 Å². The molecule has 2 fully saturated rings. The van der Waals surface area contributed by atoms with Crippen molar-refractivity contribution in [2.75, 3.05) is 13.1 Å². The number of rotatable bonds is 3. The Morgan fingerprint density at radius 2 is 2.15 bits per heavy atom. The van der Waals surface area contributed by atoms with Crippen LogP contribution in [0.25, 0.3) is 0 Å². The highest BCUT2D eigenvalue weighted by Gasteiger charge is 2.54. The summed E-state index contributed by atoms with van der Waals surface area (Å²) in [5, 5.41) is 9.61. The van der Waals surface area contributed by atoms with Gasteiger partial charge < -0.3 is 5.11 Å². The summed E-state index contributed by atoms with van der Waals surface area (Å²) in [5.41, 5.74) is 1.29. The van der Waals surface area contributed by atoms with Crippen molar-refractivity contribution < 1.29 is 9.90 Å². The van der Waals surface area contributed by atoms with Crippen molar-refractivity contribution in [3.8, 4) is 0 Å². The zero-order valence-corrected chi connectivity index (χ0v) is 12.1. The minimum Gasteiger partial charge on any atom is -0.481 e. The van der Waals surface area contributed by atoms with Crippen LogP contribution in [-0.4, -0.2) is 29.1 Å². The van der Waals surface area contributed by atoms with E-state index in [-0.39, 0.29) is 11.3 Å². The molecule has 3 atom stereocenters. The van der Waals surface area contributed by atoms with Crippen LogP contribution >= 0.6 is 0 Å². The van der Waals surface area contributed by atoms with Gasteiger partial charge in [0.05, 0.1) is 5.92 Å². The van der Waals surface area contributed by atoms with Crippen LogP contribution in [-0.2, 0) is 11.3 Å². The van der Waals surface area contributed by atoms with Gasteiger partial charge in [0.25, 0.3) is 0 Å². The van der Waals surface area contributed by atoms with Crippen molar-refractivity contribution in [1.29, 1.82) is 0 Å². The summed E-state index contributed by atoms with van der Waals surface area (Å²) in [7, 11) is 0. The maximum absolute atomic E-state index is 11.7. The summed E-state index contributed by atoms with van der Waals surface area (Å²) in [5.74, 6) is -0.262. The van der Waals surface area contributed by atoms with E-state index in [1.165, 1.54) is 18.4 Å². The number of likely N-dealkylation sites (tertiary alicyclic amines) is 1. The number of benzene rings is 1. The Morgan fingerprint density at radius 3 is 2.75 bits per heavy atom. The molecule has 0 radical (unpaired) electrons. The molecule has 1 saturated heterocycles. The van der Waals surface area contributed by atoms with Crippen LogP contribution in [0, 0.1) is 17.3 Å². The molecule has 20 heavy (non-hydrogen) atoms. The molecule has 1 heterocycles. The van der Waals surface area contributed by atoms with Crippen LogP contribution in [0.5, 0.6) is 0 Å². The second kappa shape index (κ2) is 5.21. The molecule has 1 N–H and O–H groups in total. The van der Waals surface area contributed by atoms with Crippen LogP contribution in [0.2, 0.25) is 0 Å². The minimum atomic E-state index is -0.602. The zero-order valence-electron chi connectivity index (χ0n) is 12.1. The summed E-state index contributed by atoms with van der Waals surface area (Å²) in [6.07, 6.45) is 3.45. The summed E-state index contributed by atoms with van der Waals surface area (Å²) in [6.45, 7) is 4.77. The lowest BCUT2D eigenvalue weighted by Crippen LogP contribution is -2.37. The molecule has 3 heteroatoms. The number of carboxylic acids is 1. The Balaban J connectivity index is 1.78. The summed E-state index contributed by atoms with van der Waals surface area (Å²) in [6, 6.07) is 10.4. The first-order valence-corrected chi connectivity index (χ1v) is 7.61. The highest BCUT2D eigenvalue weighted by atomic mass is 16.4. The standard InChI is InChI=1S/C17H23NO2/c1-13-6-5-9-17(13)12-18(11-15(17)16(19)20)10-14-7-3-2-4-8-14/h2-4,7-8,13,15H,5-6,9-12H2,1H3,(H,19,20). The lowest BCUT2D eigenvalue weighted by Gasteiger charge is -2.32. The first-order chi connectivity index (χ1) is 9.62. The normalized spacial score (nSPS) is 33.9. The number of carbonyl (C=O) groups is 1. The lowest BCUT2D eigenvalue weighted by molar-refractivity contribution is -0.145. The molecule has 3 rings (SSSR count). The van der Waals surface area contributed by atoms with E-state index in [0.717, 1.165) is 19.5 Å². The van der Waals surface area contributed by atoms with Crippen molar-refractivity contribution in [3.05, 3.63) is 35.9 Å². The molecule has 2 aliphatic rings. The van der Waals surface area contributed by atoms with Crippen LogP contribution in [0.3, 0.4) is 0 Å². The first-order valence-electron chi connectivity index (χ1n) is 7.61. The number of aliphatic carboxylic acids is 1. The highest BCUT2D eigenvalue weighted by molar-refractivity contribution is 5.72. The topological polar surface area (TPSA) is 40.5 Å². The van der Waals surface area contributed by atoms with Crippen molar-refractivity contribution in [2.45, 2.75) is 32.7 Å². The average Bonchev–Trinajstić information content (AvgIpc) is 2.97. The van der Waals surface area contributed by atoms with Crippen LogP contribution in [0.1, 0.15) is 31.7 Å². The molecule has 1 aliphatic heterocycles. The lowest BCUT2D eigenvalue weighted by atomic mass is 9.71. The molecule has 0 aromatic heterocycles. The Hall–Kier alpha value is -1.35. The predicted molar refractivity (Wildman–Crippen MR) is 78.3 cm³/mol. The van der Waals surface area contributed by atoms with Gasteiger partial charge in [-0.05, 0) is 17.9 Å². The van der Waals surface area contributed by atoms with E-state index in [4.69, 9.17) is 0 Å². The third-order valence-electron chi connectivity index (χ3n) is 5.46. The summed E-state index contributed by atoms with van der Waals surface area (Å²) >= 11 is 0. The number of hydrogen-bond acceptors (Lipinski definition) is 2. The van der Waals surface area contributed by atoms with E-state index >= 15 is 0 Å². The number of nitrogens with zero attached hydrogens (tertiary/aromatic N) is 1. The van der Waals surface area contributed by atoms with Gasteiger partial charge in [-0.25, -0.2) is 0 Å². The van der Waals surface area contributed by atoms with Crippen LogP contribution in [0.15, 0.2) is 30.3 Å². The van der Waals surface area contributed by atoms with Gasteiger partial charge in [0, 0.05) is 25.0 Å². The van der Waals surface area contributed by atoms with Crippen molar-refractivity contribution in [2.24, 2.45) is 17.3 Å². The van der Waals surface area contributed by atoms with Crippen molar-refractivity contribution in [3.63, 3.8) is 0 Å². The van der Waals surface area contributed by atoms with Gasteiger partial charge in [0.1, 0.15) is 0 Å². The van der Waals surface area contributed by atoms with Crippen LogP contribution < -0.4 is 0 Å². The third-order valence-corrected chi connectivity index (χ3v) is 5.46. The molecule has 108 valence electrons. The first kappa shape index (κ1) is 13.6. The molecule has 0 amide bonds. The van der Waals surface area contributed by atoms with Gasteiger partial charge in [0.2, 0.25) is 0 Å². The quantitative estimate of drug-likeness (QED) is 0.920. The third kappa shape index (κ3) is 2.24. The van der Waals surface area contributed by atoms with Gasteiger partial charge in [0.15, 0.2) is 0 Å². The second-order valence-electron chi connectivity index (χ2n) is 6.57. The molecule has 1 saturated carbocycles. The van der Waals surface area contributed by atoms with Gasteiger partial charge >= 0.3 is 5.97 Å². The van der Waals surface area contributed by atoms with Crippen molar-refractivity contribution >= 4 is 5.97 Å². The molecule has 1 aromatic rings. The average molecular weight is 273 g/mol. The predicted octanol–water partition coefficient (Wildman–Crippen LogP) is 3.01. The molecule has 0 bridgehead atoms. The highest BCUT2D eigenvalue weighted by Crippen LogP contribution is 2.52. The Bertz CT molecular complexity index is 487. The number of hydrogen-bond donors (Lipinski definition) is 1. The van der Waals surface area contributed by atoms with E-state index in [9.17, 15) is 9.90 Å². The van der Waals surface area contributed by atoms with E-state index in [1.807, 2.05) is 18.2 Å². The Kier molecular flexibility index (Phi) is 3.55. The molecule has 3 nitrogen and oxygen atoms in total. The van der Waals surface area contributed by atoms with E-state index in [0.29, 0.717) is 12.5 Å². The summed E-state index contributed by atoms with van der Waals surface area (Å²) in [4.78, 5) is 14.0.